The average molecular weight is 537 g/mol. The summed E-state index contributed by atoms with van der Waals surface area (Å²) in [6.45, 7) is 12.9. The smallest absolute Gasteiger partial charge is 0.0886 e. The predicted octanol–water partition coefficient (Wildman–Crippen LogP) is 9.57. The fourth-order valence-corrected chi connectivity index (χ4v) is 14.2. The molecular formula is C37H60O2. The lowest BCUT2D eigenvalue weighted by molar-refractivity contribution is -0.124. The molecule has 9 rings (SSSR count). The average Bonchev–Trinajstić information content (AvgIpc) is 3.17. The van der Waals surface area contributed by atoms with Gasteiger partial charge in [0.05, 0.1) is 11.4 Å². The standard InChI is InChI=1S/C27H44O.C10H16O/c1-16(2)20-8-6-17(3)25-22(20)15-24-21-9-7-18-14-19(28)10-12-26(18,4)23(21)11-13-27(24,25)5;11-10-4-7-1-8(5-10)3-9(2-7)6-10/h14,16-18,20-25,28H,6-13,15H2,1-5H3;7-9,11H,1-6H2. The van der Waals surface area contributed by atoms with Crippen molar-refractivity contribution in [2.24, 2.45) is 81.8 Å². The molecule has 4 bridgehead atoms. The summed E-state index contributed by atoms with van der Waals surface area (Å²) in [5, 5.41) is 20.3. The molecule has 0 radical (unpaired) electrons. The van der Waals surface area contributed by atoms with E-state index in [-0.39, 0.29) is 5.60 Å². The van der Waals surface area contributed by atoms with E-state index in [1.54, 1.807) is 0 Å². The first kappa shape index (κ1) is 27.3. The van der Waals surface area contributed by atoms with Crippen molar-refractivity contribution in [1.82, 2.24) is 0 Å². The molecule has 0 aromatic heterocycles. The Morgan fingerprint density at radius 2 is 1.44 bits per heavy atom. The Bertz CT molecular complexity index is 929. The molecule has 0 saturated heterocycles. The molecule has 0 aliphatic heterocycles. The number of rotatable bonds is 1. The zero-order chi connectivity index (χ0) is 27.3. The van der Waals surface area contributed by atoms with Gasteiger partial charge in [-0.1, -0.05) is 41.0 Å². The number of hydrogen-bond acceptors (Lipinski definition) is 2. The summed E-state index contributed by atoms with van der Waals surface area (Å²) < 4.78 is 0. The minimum absolute atomic E-state index is 0.200. The number of aliphatic hydroxyl groups is 2. The van der Waals surface area contributed by atoms with E-state index in [1.807, 2.05) is 0 Å². The van der Waals surface area contributed by atoms with E-state index >= 15 is 0 Å². The Morgan fingerprint density at radius 1 is 0.769 bits per heavy atom. The quantitative estimate of drug-likeness (QED) is 0.350. The van der Waals surface area contributed by atoms with Crippen molar-refractivity contribution in [3.63, 3.8) is 0 Å². The highest BCUT2D eigenvalue weighted by Gasteiger charge is 2.64. The molecule has 2 N–H and O–H groups in total. The van der Waals surface area contributed by atoms with Crippen LogP contribution in [-0.2, 0) is 0 Å². The van der Waals surface area contributed by atoms with Gasteiger partial charge in [0.25, 0.3) is 0 Å². The maximum absolute atomic E-state index is 10.2. The van der Waals surface area contributed by atoms with Crippen LogP contribution in [0.1, 0.15) is 131 Å². The third-order valence-electron chi connectivity index (χ3n) is 15.4. The summed E-state index contributed by atoms with van der Waals surface area (Å²) in [5.41, 5.74) is 0.858. The second-order valence-electron chi connectivity index (χ2n) is 17.8. The first-order chi connectivity index (χ1) is 18.5. The van der Waals surface area contributed by atoms with Gasteiger partial charge in [0.2, 0.25) is 0 Å². The van der Waals surface area contributed by atoms with Crippen LogP contribution in [0.2, 0.25) is 0 Å². The van der Waals surface area contributed by atoms with Crippen LogP contribution < -0.4 is 0 Å². The molecule has 9 aliphatic carbocycles. The van der Waals surface area contributed by atoms with Crippen LogP contribution in [0.4, 0.5) is 0 Å². The van der Waals surface area contributed by atoms with Gasteiger partial charge < -0.3 is 10.2 Å². The van der Waals surface area contributed by atoms with Gasteiger partial charge in [0.15, 0.2) is 0 Å². The Morgan fingerprint density at radius 3 is 2.05 bits per heavy atom. The molecule has 8 fully saturated rings. The van der Waals surface area contributed by atoms with Gasteiger partial charge in [-0.25, -0.2) is 0 Å². The van der Waals surface area contributed by atoms with Gasteiger partial charge in [-0.2, -0.15) is 0 Å². The zero-order valence-electron chi connectivity index (χ0n) is 26.0. The van der Waals surface area contributed by atoms with Crippen molar-refractivity contribution >= 4 is 0 Å². The SMILES string of the molecule is CC(C)C1CCC(C)C2C1CC1C3CCC4C=C(O)CCC4(C)C3CCC12C.OC12CC3CC(CC(C3)C1)C2. The van der Waals surface area contributed by atoms with Gasteiger partial charge >= 0.3 is 0 Å². The molecule has 0 spiro atoms. The minimum Gasteiger partial charge on any atom is -0.513 e. The van der Waals surface area contributed by atoms with E-state index in [4.69, 9.17) is 0 Å². The maximum atomic E-state index is 10.2. The summed E-state index contributed by atoms with van der Waals surface area (Å²) >= 11 is 0. The summed E-state index contributed by atoms with van der Waals surface area (Å²) in [7, 11) is 0. The molecule has 0 aromatic carbocycles. The third kappa shape index (κ3) is 4.33. The second kappa shape index (κ2) is 9.50. The van der Waals surface area contributed by atoms with Crippen LogP contribution in [0.25, 0.3) is 0 Å². The topological polar surface area (TPSA) is 40.5 Å². The highest BCUT2D eigenvalue weighted by atomic mass is 16.3. The number of aliphatic hydroxyl groups excluding tert-OH is 1. The van der Waals surface area contributed by atoms with Gasteiger partial charge in [0.1, 0.15) is 0 Å². The van der Waals surface area contributed by atoms with E-state index < -0.39 is 0 Å². The normalized spacial score (nSPS) is 57.0. The fraction of sp³-hybridized carbons (Fsp3) is 0.946. The second-order valence-corrected chi connectivity index (χ2v) is 17.8. The molecule has 2 heteroatoms. The Balaban J connectivity index is 0.000000190. The first-order valence-corrected chi connectivity index (χ1v) is 17.6. The van der Waals surface area contributed by atoms with E-state index in [1.165, 1.54) is 70.6 Å². The van der Waals surface area contributed by atoms with Gasteiger partial charge in [0, 0.05) is 6.42 Å². The van der Waals surface area contributed by atoms with Gasteiger partial charge in [-0.15, -0.1) is 0 Å². The van der Waals surface area contributed by atoms with Crippen LogP contribution in [0.3, 0.4) is 0 Å². The van der Waals surface area contributed by atoms with Crippen molar-refractivity contribution < 1.29 is 10.2 Å². The molecule has 39 heavy (non-hydrogen) atoms. The molecule has 10 atom stereocenters. The summed E-state index contributed by atoms with van der Waals surface area (Å²) in [6, 6.07) is 0. The molecule has 0 heterocycles. The predicted molar refractivity (Wildman–Crippen MR) is 160 cm³/mol. The van der Waals surface area contributed by atoms with Crippen LogP contribution >= 0.6 is 0 Å². The number of hydrogen-bond donors (Lipinski definition) is 2. The lowest BCUT2D eigenvalue weighted by Crippen LogP contribution is -2.53. The Hall–Kier alpha value is -0.500. The van der Waals surface area contributed by atoms with E-state index in [2.05, 4.69) is 40.7 Å². The highest BCUT2D eigenvalue weighted by molar-refractivity contribution is 5.17. The van der Waals surface area contributed by atoms with Crippen LogP contribution in [0, 0.1) is 81.8 Å². The Labute approximate surface area is 240 Å². The monoisotopic (exact) mass is 536 g/mol. The fourth-order valence-electron chi connectivity index (χ4n) is 14.2. The van der Waals surface area contributed by atoms with Crippen LogP contribution in [0.15, 0.2) is 11.8 Å². The molecular weight excluding hydrogens is 476 g/mol. The molecule has 2 nitrogen and oxygen atoms in total. The number of fused-ring (bicyclic) bond motifs is 7. The van der Waals surface area contributed by atoms with Crippen molar-refractivity contribution in [3.8, 4) is 0 Å². The lowest BCUT2D eigenvalue weighted by atomic mass is 9.45. The molecule has 10 unspecified atom stereocenters. The first-order valence-electron chi connectivity index (χ1n) is 17.6. The van der Waals surface area contributed by atoms with E-state index in [0.29, 0.717) is 22.5 Å². The lowest BCUT2D eigenvalue weighted by Gasteiger charge is -2.60. The highest BCUT2D eigenvalue weighted by Crippen LogP contribution is 2.71. The van der Waals surface area contributed by atoms with E-state index in [0.717, 1.165) is 90.8 Å². The summed E-state index contributed by atoms with van der Waals surface area (Å²) in [4.78, 5) is 0. The zero-order valence-corrected chi connectivity index (χ0v) is 26.0. The maximum Gasteiger partial charge on any atom is 0.0886 e. The summed E-state index contributed by atoms with van der Waals surface area (Å²) in [5.74, 6) is 11.6. The molecule has 9 aliphatic rings. The van der Waals surface area contributed by atoms with Gasteiger partial charge in [-0.05, 0) is 171 Å². The van der Waals surface area contributed by atoms with Crippen LogP contribution in [-0.4, -0.2) is 15.8 Å². The largest absolute Gasteiger partial charge is 0.513 e. The minimum atomic E-state index is -0.200. The van der Waals surface area contributed by atoms with E-state index in [9.17, 15) is 10.2 Å². The van der Waals surface area contributed by atoms with Crippen molar-refractivity contribution in [2.45, 2.75) is 137 Å². The molecule has 0 amide bonds. The van der Waals surface area contributed by atoms with Crippen molar-refractivity contribution in [2.75, 3.05) is 0 Å². The van der Waals surface area contributed by atoms with Crippen molar-refractivity contribution in [1.29, 1.82) is 0 Å². The molecule has 8 saturated carbocycles. The Kier molecular flexibility index (Phi) is 6.66. The van der Waals surface area contributed by atoms with Gasteiger partial charge in [-0.3, -0.25) is 0 Å². The number of allylic oxidation sites excluding steroid dienone is 2. The molecule has 0 aromatic rings. The third-order valence-corrected chi connectivity index (χ3v) is 15.4. The summed E-state index contributed by atoms with van der Waals surface area (Å²) in [6.07, 6.45) is 22.3. The van der Waals surface area contributed by atoms with Crippen LogP contribution in [0.5, 0.6) is 0 Å². The van der Waals surface area contributed by atoms with Crippen molar-refractivity contribution in [3.05, 3.63) is 11.8 Å². The molecule has 220 valence electrons.